The fraction of sp³-hybridized carbons (Fsp3) is 0.500. The van der Waals surface area contributed by atoms with Gasteiger partial charge < -0.3 is 9.47 Å². The molecule has 2 nitrogen and oxygen atoms in total. The summed E-state index contributed by atoms with van der Waals surface area (Å²) in [5.74, 6) is -0.525. The van der Waals surface area contributed by atoms with Crippen LogP contribution < -0.4 is 0 Å². The largest absolute Gasteiger partial charge is 0.344 e. The summed E-state index contributed by atoms with van der Waals surface area (Å²) in [5.41, 5.74) is 0.997. The molecule has 1 aromatic carbocycles. The zero-order valence-electron chi connectivity index (χ0n) is 9.16. The van der Waals surface area contributed by atoms with Gasteiger partial charge in [0.15, 0.2) is 5.79 Å². The third-order valence-electron chi connectivity index (χ3n) is 2.52. The van der Waals surface area contributed by atoms with Crippen LogP contribution in [0.2, 0.25) is 5.02 Å². The molecule has 1 aliphatic heterocycles. The summed E-state index contributed by atoms with van der Waals surface area (Å²) in [6.07, 6.45) is -0.0476. The highest BCUT2D eigenvalue weighted by atomic mass is 35.5. The van der Waals surface area contributed by atoms with Crippen molar-refractivity contribution >= 4 is 11.6 Å². The first kappa shape index (κ1) is 10.9. The van der Waals surface area contributed by atoms with Crippen molar-refractivity contribution in [2.75, 3.05) is 0 Å². The maximum absolute atomic E-state index is 6.13. The van der Waals surface area contributed by atoms with Crippen molar-refractivity contribution in [2.45, 2.75) is 38.8 Å². The summed E-state index contributed by atoms with van der Waals surface area (Å²) >= 11 is 6.13. The van der Waals surface area contributed by atoms with Crippen LogP contribution in [-0.4, -0.2) is 11.9 Å². The quantitative estimate of drug-likeness (QED) is 0.729. The van der Waals surface area contributed by atoms with Crippen LogP contribution in [0.4, 0.5) is 0 Å². The van der Waals surface area contributed by atoms with Crippen LogP contribution in [0, 0.1) is 0 Å². The van der Waals surface area contributed by atoms with Gasteiger partial charge >= 0.3 is 0 Å². The Morgan fingerprint density at radius 2 is 1.87 bits per heavy atom. The van der Waals surface area contributed by atoms with E-state index in [0.717, 1.165) is 10.6 Å². The lowest BCUT2D eigenvalue weighted by Gasteiger charge is -2.17. The lowest BCUT2D eigenvalue weighted by molar-refractivity contribution is -0.145. The maximum atomic E-state index is 6.13. The Hall–Kier alpha value is -0.570. The Bertz CT molecular complexity index is 362. The fourth-order valence-corrected chi connectivity index (χ4v) is 2.20. The fourth-order valence-electron chi connectivity index (χ4n) is 1.96. The molecule has 0 aromatic heterocycles. The number of hydrogen-bond acceptors (Lipinski definition) is 2. The molecule has 0 unspecified atom stereocenters. The van der Waals surface area contributed by atoms with Gasteiger partial charge in [0, 0.05) is 10.6 Å². The molecule has 2 rings (SSSR count). The summed E-state index contributed by atoms with van der Waals surface area (Å²) in [6, 6.07) is 7.73. The molecule has 1 aromatic rings. The van der Waals surface area contributed by atoms with E-state index in [1.807, 2.05) is 45.0 Å². The number of rotatable bonds is 1. The third-order valence-corrected chi connectivity index (χ3v) is 2.86. The van der Waals surface area contributed by atoms with E-state index in [9.17, 15) is 0 Å². The van der Waals surface area contributed by atoms with Gasteiger partial charge in [-0.05, 0) is 26.8 Å². The van der Waals surface area contributed by atoms with Gasteiger partial charge in [0.1, 0.15) is 6.10 Å². The summed E-state index contributed by atoms with van der Waals surface area (Å²) in [6.45, 7) is 5.84. The molecule has 1 saturated heterocycles. The smallest absolute Gasteiger partial charge is 0.164 e. The monoisotopic (exact) mass is 226 g/mol. The molecule has 0 bridgehead atoms. The average Bonchev–Trinajstić information content (AvgIpc) is 2.40. The molecule has 1 fully saturated rings. The Labute approximate surface area is 95.1 Å². The molecule has 2 atom stereocenters. The summed E-state index contributed by atoms with van der Waals surface area (Å²) in [4.78, 5) is 0. The minimum absolute atomic E-state index is 0.0277. The second kappa shape index (κ2) is 3.78. The van der Waals surface area contributed by atoms with Crippen molar-refractivity contribution in [3.05, 3.63) is 34.9 Å². The number of ether oxygens (including phenoxy) is 2. The molecule has 3 heteroatoms. The topological polar surface area (TPSA) is 18.5 Å². The standard InChI is InChI=1S/C12H15ClO2/c1-8-11(15-12(2,3)14-8)9-6-4-5-7-10(9)13/h4-8,11H,1-3H3/t8-,11-/m1/s1. The Kier molecular flexibility index (Phi) is 2.75. The van der Waals surface area contributed by atoms with Crippen molar-refractivity contribution in [1.82, 2.24) is 0 Å². The Morgan fingerprint density at radius 3 is 2.40 bits per heavy atom. The molecule has 15 heavy (non-hydrogen) atoms. The Morgan fingerprint density at radius 1 is 1.20 bits per heavy atom. The van der Waals surface area contributed by atoms with Gasteiger partial charge in [0.2, 0.25) is 0 Å². The lowest BCUT2D eigenvalue weighted by atomic mass is 10.1. The van der Waals surface area contributed by atoms with Crippen molar-refractivity contribution in [2.24, 2.45) is 0 Å². The molecule has 0 N–H and O–H groups in total. The van der Waals surface area contributed by atoms with Gasteiger partial charge in [-0.2, -0.15) is 0 Å². The first-order valence-electron chi connectivity index (χ1n) is 5.10. The average molecular weight is 227 g/mol. The second-order valence-corrected chi connectivity index (χ2v) is 4.69. The van der Waals surface area contributed by atoms with E-state index in [1.165, 1.54) is 0 Å². The number of benzene rings is 1. The molecule has 0 amide bonds. The molecule has 1 aliphatic rings. The van der Waals surface area contributed by atoms with Gasteiger partial charge in [0.05, 0.1) is 6.10 Å². The summed E-state index contributed by atoms with van der Waals surface area (Å²) < 4.78 is 11.5. The van der Waals surface area contributed by atoms with Crippen LogP contribution in [0.5, 0.6) is 0 Å². The van der Waals surface area contributed by atoms with Crippen LogP contribution in [0.25, 0.3) is 0 Å². The summed E-state index contributed by atoms with van der Waals surface area (Å²) in [5, 5.41) is 0.732. The van der Waals surface area contributed by atoms with E-state index in [0.29, 0.717) is 0 Å². The highest BCUT2D eigenvalue weighted by Gasteiger charge is 2.40. The molecule has 0 aliphatic carbocycles. The van der Waals surface area contributed by atoms with Crippen LogP contribution in [0.3, 0.4) is 0 Å². The van der Waals surface area contributed by atoms with Crippen molar-refractivity contribution in [3.8, 4) is 0 Å². The minimum atomic E-state index is -0.525. The van der Waals surface area contributed by atoms with Crippen molar-refractivity contribution < 1.29 is 9.47 Å². The van der Waals surface area contributed by atoms with Crippen LogP contribution >= 0.6 is 11.6 Å². The Balaban J connectivity index is 2.29. The van der Waals surface area contributed by atoms with Crippen LogP contribution in [-0.2, 0) is 9.47 Å². The summed E-state index contributed by atoms with van der Waals surface area (Å²) in [7, 11) is 0. The predicted octanol–water partition coefficient (Wildman–Crippen LogP) is 3.55. The van der Waals surface area contributed by atoms with E-state index in [-0.39, 0.29) is 12.2 Å². The number of halogens is 1. The van der Waals surface area contributed by atoms with Gasteiger partial charge in [0.25, 0.3) is 0 Å². The zero-order chi connectivity index (χ0) is 11.1. The van der Waals surface area contributed by atoms with Gasteiger partial charge in [-0.15, -0.1) is 0 Å². The highest BCUT2D eigenvalue weighted by Crippen LogP contribution is 2.40. The molecule has 1 heterocycles. The predicted molar refractivity (Wildman–Crippen MR) is 59.9 cm³/mol. The van der Waals surface area contributed by atoms with E-state index in [4.69, 9.17) is 21.1 Å². The van der Waals surface area contributed by atoms with E-state index in [1.54, 1.807) is 0 Å². The zero-order valence-corrected chi connectivity index (χ0v) is 9.91. The van der Waals surface area contributed by atoms with E-state index in [2.05, 4.69) is 0 Å². The number of hydrogen-bond donors (Lipinski definition) is 0. The first-order chi connectivity index (χ1) is 6.99. The van der Waals surface area contributed by atoms with Gasteiger partial charge in [-0.3, -0.25) is 0 Å². The SMILES string of the molecule is C[C@H]1OC(C)(C)O[C@H]1c1ccccc1Cl. The first-order valence-corrected chi connectivity index (χ1v) is 5.47. The van der Waals surface area contributed by atoms with Gasteiger partial charge in [-0.25, -0.2) is 0 Å². The van der Waals surface area contributed by atoms with Gasteiger partial charge in [-0.1, -0.05) is 29.8 Å². The third kappa shape index (κ3) is 2.17. The molecule has 0 radical (unpaired) electrons. The van der Waals surface area contributed by atoms with Crippen molar-refractivity contribution in [3.63, 3.8) is 0 Å². The molecular weight excluding hydrogens is 212 g/mol. The second-order valence-electron chi connectivity index (χ2n) is 4.28. The molecule has 82 valence electrons. The van der Waals surface area contributed by atoms with E-state index >= 15 is 0 Å². The minimum Gasteiger partial charge on any atom is -0.344 e. The maximum Gasteiger partial charge on any atom is 0.164 e. The molecule has 0 saturated carbocycles. The normalized spacial score (nSPS) is 29.3. The molecule has 0 spiro atoms. The highest BCUT2D eigenvalue weighted by molar-refractivity contribution is 6.31. The van der Waals surface area contributed by atoms with E-state index < -0.39 is 5.79 Å². The molecular formula is C12H15ClO2. The van der Waals surface area contributed by atoms with Crippen molar-refractivity contribution in [1.29, 1.82) is 0 Å². The van der Waals surface area contributed by atoms with Crippen LogP contribution in [0.1, 0.15) is 32.4 Å². The van der Waals surface area contributed by atoms with Crippen LogP contribution in [0.15, 0.2) is 24.3 Å². The lowest BCUT2D eigenvalue weighted by Crippen LogP contribution is -2.20.